The van der Waals surface area contributed by atoms with Crippen molar-refractivity contribution in [2.75, 3.05) is 39.3 Å². The highest BCUT2D eigenvalue weighted by Gasteiger charge is 2.26. The van der Waals surface area contributed by atoms with Crippen LogP contribution in [0.15, 0.2) is 0 Å². The van der Waals surface area contributed by atoms with Crippen LogP contribution in [0, 0.1) is 17.8 Å². The molecule has 2 fully saturated rings. The molecule has 0 bridgehead atoms. The van der Waals surface area contributed by atoms with Gasteiger partial charge in [0.1, 0.15) is 0 Å². The van der Waals surface area contributed by atoms with E-state index >= 15 is 0 Å². The molecule has 4 nitrogen and oxygen atoms in total. The van der Waals surface area contributed by atoms with Gasteiger partial charge in [-0.05, 0) is 62.8 Å². The Morgan fingerprint density at radius 3 is 2.48 bits per heavy atom. The number of hydrogen-bond donors (Lipinski definition) is 1. The maximum absolute atomic E-state index is 12.3. The van der Waals surface area contributed by atoms with Gasteiger partial charge in [-0.15, -0.1) is 0 Å². The molecular formula is C19H37N3O. The van der Waals surface area contributed by atoms with E-state index in [-0.39, 0.29) is 6.03 Å². The summed E-state index contributed by atoms with van der Waals surface area (Å²) in [6, 6.07) is 0.152. The Kier molecular flexibility index (Phi) is 7.68. The van der Waals surface area contributed by atoms with Crippen molar-refractivity contribution in [3.8, 4) is 0 Å². The molecule has 0 aromatic carbocycles. The highest BCUT2D eigenvalue weighted by atomic mass is 16.2. The van der Waals surface area contributed by atoms with E-state index in [0.717, 1.165) is 50.2 Å². The van der Waals surface area contributed by atoms with Crippen molar-refractivity contribution in [1.82, 2.24) is 15.1 Å². The number of rotatable bonds is 9. The molecule has 1 heterocycles. The fourth-order valence-corrected chi connectivity index (χ4v) is 3.90. The summed E-state index contributed by atoms with van der Waals surface area (Å²) in [7, 11) is 0. The average Bonchev–Trinajstić information content (AvgIpc) is 3.29. The van der Waals surface area contributed by atoms with Crippen molar-refractivity contribution in [2.24, 2.45) is 17.8 Å². The highest BCUT2D eigenvalue weighted by molar-refractivity contribution is 5.74. The number of nitrogens with zero attached hydrogens (tertiary/aromatic N) is 2. The molecule has 0 aromatic rings. The van der Waals surface area contributed by atoms with Crippen molar-refractivity contribution in [3.05, 3.63) is 0 Å². The lowest BCUT2D eigenvalue weighted by atomic mass is 9.92. The van der Waals surface area contributed by atoms with Gasteiger partial charge in [0.15, 0.2) is 0 Å². The molecule has 1 aliphatic carbocycles. The second-order valence-electron chi connectivity index (χ2n) is 8.03. The molecule has 0 spiro atoms. The Bertz CT molecular complexity index is 347. The molecule has 2 amide bonds. The van der Waals surface area contributed by atoms with Crippen molar-refractivity contribution in [2.45, 2.75) is 59.3 Å². The third-order valence-corrected chi connectivity index (χ3v) is 5.08. The van der Waals surface area contributed by atoms with Crippen LogP contribution >= 0.6 is 0 Å². The summed E-state index contributed by atoms with van der Waals surface area (Å²) in [5.41, 5.74) is 0. The number of urea groups is 1. The summed E-state index contributed by atoms with van der Waals surface area (Å²) < 4.78 is 0. The van der Waals surface area contributed by atoms with Crippen LogP contribution in [0.5, 0.6) is 0 Å². The molecule has 1 N–H and O–H groups in total. The molecule has 1 saturated carbocycles. The van der Waals surface area contributed by atoms with Gasteiger partial charge in [-0.1, -0.05) is 20.8 Å². The summed E-state index contributed by atoms with van der Waals surface area (Å²) in [5, 5.41) is 3.12. The second kappa shape index (κ2) is 9.51. The Hall–Kier alpha value is -0.770. The lowest BCUT2D eigenvalue weighted by molar-refractivity contribution is 0.139. The van der Waals surface area contributed by atoms with Crippen LogP contribution in [0.2, 0.25) is 0 Å². The van der Waals surface area contributed by atoms with Crippen LogP contribution < -0.4 is 5.32 Å². The zero-order valence-electron chi connectivity index (χ0n) is 15.5. The number of carbonyl (C=O) groups is 1. The normalized spacial score (nSPS) is 25.3. The van der Waals surface area contributed by atoms with E-state index < -0.39 is 0 Å². The first kappa shape index (κ1) is 18.6. The molecule has 2 rings (SSSR count). The second-order valence-corrected chi connectivity index (χ2v) is 8.03. The van der Waals surface area contributed by atoms with Gasteiger partial charge in [-0.25, -0.2) is 4.79 Å². The lowest BCUT2D eigenvalue weighted by Gasteiger charge is -2.35. The molecule has 4 heteroatoms. The minimum absolute atomic E-state index is 0.152. The summed E-state index contributed by atoms with van der Waals surface area (Å²) >= 11 is 0. The van der Waals surface area contributed by atoms with Crippen molar-refractivity contribution in [3.63, 3.8) is 0 Å². The molecular weight excluding hydrogens is 286 g/mol. The maximum atomic E-state index is 12.3. The number of piperidine rings is 1. The third-order valence-electron chi connectivity index (χ3n) is 5.08. The molecule has 1 aliphatic heterocycles. The first-order chi connectivity index (χ1) is 11.1. The van der Waals surface area contributed by atoms with Crippen LogP contribution in [0.4, 0.5) is 4.79 Å². The number of carbonyl (C=O) groups excluding carboxylic acids is 1. The zero-order valence-corrected chi connectivity index (χ0v) is 15.5. The van der Waals surface area contributed by atoms with Gasteiger partial charge in [-0.2, -0.15) is 0 Å². The van der Waals surface area contributed by atoms with Crippen molar-refractivity contribution < 1.29 is 4.79 Å². The number of unbranched alkanes of at least 4 members (excludes halogenated alkanes) is 1. The van der Waals surface area contributed by atoms with E-state index in [1.165, 1.54) is 45.3 Å². The largest absolute Gasteiger partial charge is 0.338 e. The fraction of sp³-hybridized carbons (Fsp3) is 0.947. The molecule has 2 atom stereocenters. The van der Waals surface area contributed by atoms with Crippen LogP contribution in [0.3, 0.4) is 0 Å². The number of likely N-dealkylation sites (tertiary alicyclic amines) is 1. The Balaban J connectivity index is 1.55. The predicted molar refractivity (Wildman–Crippen MR) is 96.6 cm³/mol. The van der Waals surface area contributed by atoms with Crippen LogP contribution in [-0.4, -0.2) is 55.1 Å². The Labute approximate surface area is 143 Å². The molecule has 0 radical (unpaired) electrons. The molecule has 134 valence electrons. The summed E-state index contributed by atoms with van der Waals surface area (Å²) in [6.45, 7) is 13.2. The standard InChI is InChI=1S/C19H37N3O/c1-4-10-22(15-18-7-8-18)19(23)20-9-5-6-11-21-13-16(2)12-17(3)14-21/h16-18H,4-15H2,1-3H3,(H,20,23). The van der Waals surface area contributed by atoms with Crippen LogP contribution in [0.1, 0.15) is 59.3 Å². The smallest absolute Gasteiger partial charge is 0.317 e. The van der Waals surface area contributed by atoms with Crippen LogP contribution in [-0.2, 0) is 0 Å². The van der Waals surface area contributed by atoms with Crippen molar-refractivity contribution >= 4 is 6.03 Å². The highest BCUT2D eigenvalue weighted by Crippen LogP contribution is 2.29. The van der Waals surface area contributed by atoms with Gasteiger partial charge >= 0.3 is 6.03 Å². The number of amides is 2. The van der Waals surface area contributed by atoms with E-state index in [1.54, 1.807) is 0 Å². The van der Waals surface area contributed by atoms with E-state index in [4.69, 9.17) is 0 Å². The van der Waals surface area contributed by atoms with Gasteiger partial charge in [0.2, 0.25) is 0 Å². The summed E-state index contributed by atoms with van der Waals surface area (Å²) in [5.74, 6) is 2.45. The van der Waals surface area contributed by atoms with Gasteiger partial charge in [0, 0.05) is 32.7 Å². The summed E-state index contributed by atoms with van der Waals surface area (Å²) in [4.78, 5) is 16.9. The van der Waals surface area contributed by atoms with Crippen LogP contribution in [0.25, 0.3) is 0 Å². The van der Waals surface area contributed by atoms with E-state index in [9.17, 15) is 4.79 Å². The van der Waals surface area contributed by atoms with E-state index in [0.29, 0.717) is 0 Å². The van der Waals surface area contributed by atoms with Gasteiger partial charge in [-0.3, -0.25) is 0 Å². The van der Waals surface area contributed by atoms with E-state index in [1.807, 2.05) is 4.90 Å². The predicted octanol–water partition coefficient (Wildman–Crippen LogP) is 3.58. The van der Waals surface area contributed by atoms with Gasteiger partial charge in [0.25, 0.3) is 0 Å². The first-order valence-corrected chi connectivity index (χ1v) is 9.83. The SMILES string of the molecule is CCCN(CC1CC1)C(=O)NCCCCN1CC(C)CC(C)C1. The molecule has 0 aromatic heterocycles. The fourth-order valence-electron chi connectivity index (χ4n) is 3.90. The molecule has 2 unspecified atom stereocenters. The third kappa shape index (κ3) is 7.11. The quantitative estimate of drug-likeness (QED) is 0.658. The Morgan fingerprint density at radius 2 is 1.87 bits per heavy atom. The molecule has 23 heavy (non-hydrogen) atoms. The molecule has 2 aliphatic rings. The topological polar surface area (TPSA) is 35.6 Å². The zero-order chi connectivity index (χ0) is 16.7. The minimum Gasteiger partial charge on any atom is -0.338 e. The number of nitrogens with one attached hydrogen (secondary N) is 1. The number of hydrogen-bond acceptors (Lipinski definition) is 2. The lowest BCUT2D eigenvalue weighted by Crippen LogP contribution is -2.42. The Morgan fingerprint density at radius 1 is 1.17 bits per heavy atom. The summed E-state index contributed by atoms with van der Waals surface area (Å²) in [6.07, 6.45) is 7.32. The first-order valence-electron chi connectivity index (χ1n) is 9.83. The molecule has 1 saturated heterocycles. The van der Waals surface area contributed by atoms with Crippen molar-refractivity contribution in [1.29, 1.82) is 0 Å². The van der Waals surface area contributed by atoms with Gasteiger partial charge < -0.3 is 15.1 Å². The monoisotopic (exact) mass is 323 g/mol. The maximum Gasteiger partial charge on any atom is 0.317 e. The average molecular weight is 324 g/mol. The minimum atomic E-state index is 0.152. The van der Waals surface area contributed by atoms with Gasteiger partial charge in [0.05, 0.1) is 0 Å². The van der Waals surface area contributed by atoms with E-state index in [2.05, 4.69) is 31.0 Å².